The van der Waals surface area contributed by atoms with Crippen molar-refractivity contribution in [2.75, 3.05) is 13.1 Å². The van der Waals surface area contributed by atoms with Crippen LogP contribution in [0.2, 0.25) is 0 Å². The van der Waals surface area contributed by atoms with Crippen LogP contribution < -0.4 is 0 Å². The van der Waals surface area contributed by atoms with Gasteiger partial charge in [0.2, 0.25) is 0 Å². The van der Waals surface area contributed by atoms with Gasteiger partial charge in [-0.25, -0.2) is 0 Å². The van der Waals surface area contributed by atoms with E-state index in [2.05, 4.69) is 39.8 Å². The Morgan fingerprint density at radius 3 is 2.74 bits per heavy atom. The lowest BCUT2D eigenvalue weighted by Crippen LogP contribution is -2.42. The fraction of sp³-hybridized carbons (Fsp3) is 0.786. The van der Waals surface area contributed by atoms with Crippen LogP contribution in [0.3, 0.4) is 0 Å². The lowest BCUT2D eigenvalue weighted by Gasteiger charge is -2.35. The molecule has 0 amide bonds. The topological polar surface area (TPSA) is 41.3 Å². The van der Waals surface area contributed by atoms with Crippen LogP contribution in [0, 0.1) is 5.92 Å². The van der Waals surface area contributed by atoms with Gasteiger partial charge in [-0.2, -0.15) is 5.10 Å². The van der Waals surface area contributed by atoms with Gasteiger partial charge >= 0.3 is 0 Å². The van der Waals surface area contributed by atoms with E-state index in [4.69, 9.17) is 0 Å². The number of aromatic nitrogens is 2. The monoisotopic (exact) mass is 329 g/mol. The maximum atomic E-state index is 9.95. The Balaban J connectivity index is 2.07. The Morgan fingerprint density at radius 2 is 2.16 bits per heavy atom. The van der Waals surface area contributed by atoms with E-state index in [-0.39, 0.29) is 6.10 Å². The minimum Gasteiger partial charge on any atom is -0.393 e. The highest BCUT2D eigenvalue weighted by Gasteiger charge is 2.27. The highest BCUT2D eigenvalue weighted by Crippen LogP contribution is 2.26. The molecule has 1 saturated heterocycles. The Kier molecular flexibility index (Phi) is 5.03. The molecule has 1 aromatic heterocycles. The minimum absolute atomic E-state index is 0.123. The molecule has 1 aliphatic rings. The van der Waals surface area contributed by atoms with Crippen LogP contribution in [0.5, 0.6) is 0 Å². The quantitative estimate of drug-likeness (QED) is 0.921. The third-order valence-electron chi connectivity index (χ3n) is 4.18. The number of rotatable bonds is 4. The molecule has 5 heteroatoms. The van der Waals surface area contributed by atoms with Crippen LogP contribution in [0.25, 0.3) is 0 Å². The highest BCUT2D eigenvalue weighted by molar-refractivity contribution is 9.10. The summed E-state index contributed by atoms with van der Waals surface area (Å²) in [6.07, 6.45) is 2.76. The Hall–Kier alpha value is -0.390. The summed E-state index contributed by atoms with van der Waals surface area (Å²) in [5, 5.41) is 14.5. The Labute approximate surface area is 123 Å². The predicted octanol–water partition coefficient (Wildman–Crippen LogP) is 2.34. The van der Waals surface area contributed by atoms with E-state index in [9.17, 15) is 5.11 Å². The van der Waals surface area contributed by atoms with Crippen LogP contribution in [0.4, 0.5) is 0 Å². The first-order chi connectivity index (χ1) is 9.06. The third-order valence-corrected chi connectivity index (χ3v) is 5.09. The molecule has 0 spiro atoms. The van der Waals surface area contributed by atoms with Gasteiger partial charge in [-0.15, -0.1) is 0 Å². The minimum atomic E-state index is -0.123. The van der Waals surface area contributed by atoms with Gasteiger partial charge in [0, 0.05) is 26.7 Å². The molecule has 0 radical (unpaired) electrons. The SMILES string of the molecule is CCc1nn(C)c(CN2CCC(O)C(CC)C2)c1Br. The first-order valence-corrected chi connectivity index (χ1v) is 7.96. The molecule has 2 atom stereocenters. The van der Waals surface area contributed by atoms with Crippen LogP contribution in [0.1, 0.15) is 38.1 Å². The smallest absolute Gasteiger partial charge is 0.0767 e. The number of piperidine rings is 1. The Bertz CT molecular complexity index is 433. The molecule has 2 heterocycles. The van der Waals surface area contributed by atoms with E-state index in [1.165, 1.54) is 5.69 Å². The molecule has 2 rings (SSSR count). The van der Waals surface area contributed by atoms with Crippen molar-refractivity contribution in [3.8, 4) is 0 Å². The molecule has 0 aromatic carbocycles. The van der Waals surface area contributed by atoms with E-state index in [0.717, 1.165) is 49.1 Å². The average molecular weight is 330 g/mol. The molecule has 108 valence electrons. The molecule has 0 bridgehead atoms. The fourth-order valence-electron chi connectivity index (χ4n) is 2.84. The normalized spacial score (nSPS) is 24.9. The van der Waals surface area contributed by atoms with Gasteiger partial charge in [0.05, 0.1) is 22.0 Å². The molecule has 1 N–H and O–H groups in total. The van der Waals surface area contributed by atoms with Crippen molar-refractivity contribution in [1.29, 1.82) is 0 Å². The average Bonchev–Trinajstić information content (AvgIpc) is 2.68. The zero-order chi connectivity index (χ0) is 14.0. The maximum absolute atomic E-state index is 9.95. The van der Waals surface area contributed by atoms with E-state index >= 15 is 0 Å². The summed E-state index contributed by atoms with van der Waals surface area (Å²) in [4.78, 5) is 2.43. The summed E-state index contributed by atoms with van der Waals surface area (Å²) >= 11 is 3.67. The van der Waals surface area contributed by atoms with Gasteiger partial charge < -0.3 is 5.11 Å². The van der Waals surface area contributed by atoms with E-state index < -0.39 is 0 Å². The highest BCUT2D eigenvalue weighted by atomic mass is 79.9. The zero-order valence-electron chi connectivity index (χ0n) is 12.1. The molecule has 19 heavy (non-hydrogen) atoms. The summed E-state index contributed by atoms with van der Waals surface area (Å²) in [6.45, 7) is 7.15. The third kappa shape index (κ3) is 3.20. The van der Waals surface area contributed by atoms with Crippen molar-refractivity contribution in [3.63, 3.8) is 0 Å². The van der Waals surface area contributed by atoms with Gasteiger partial charge in [-0.3, -0.25) is 9.58 Å². The molecular weight excluding hydrogens is 306 g/mol. The number of hydrogen-bond acceptors (Lipinski definition) is 3. The second-order valence-electron chi connectivity index (χ2n) is 5.44. The largest absolute Gasteiger partial charge is 0.393 e. The van der Waals surface area contributed by atoms with Crippen LogP contribution >= 0.6 is 15.9 Å². The number of nitrogens with zero attached hydrogens (tertiary/aromatic N) is 3. The van der Waals surface area contributed by atoms with Gasteiger partial charge in [0.25, 0.3) is 0 Å². The van der Waals surface area contributed by atoms with Gasteiger partial charge in [0.15, 0.2) is 0 Å². The lowest BCUT2D eigenvalue weighted by molar-refractivity contribution is 0.0213. The van der Waals surface area contributed by atoms with Gasteiger partial charge in [-0.1, -0.05) is 13.8 Å². The predicted molar refractivity (Wildman–Crippen MR) is 80.0 cm³/mol. The maximum Gasteiger partial charge on any atom is 0.0767 e. The molecule has 4 nitrogen and oxygen atoms in total. The number of aliphatic hydroxyl groups is 1. The van der Waals surface area contributed by atoms with Crippen molar-refractivity contribution in [3.05, 3.63) is 15.9 Å². The van der Waals surface area contributed by atoms with Gasteiger partial charge in [0.1, 0.15) is 0 Å². The van der Waals surface area contributed by atoms with E-state index in [1.54, 1.807) is 0 Å². The number of aliphatic hydroxyl groups excluding tert-OH is 1. The van der Waals surface area contributed by atoms with Crippen molar-refractivity contribution in [2.24, 2.45) is 13.0 Å². The molecule has 0 saturated carbocycles. The summed E-state index contributed by atoms with van der Waals surface area (Å²) in [5.41, 5.74) is 2.37. The van der Waals surface area contributed by atoms with Crippen molar-refractivity contribution >= 4 is 15.9 Å². The molecule has 1 fully saturated rings. The Morgan fingerprint density at radius 1 is 1.42 bits per heavy atom. The first-order valence-electron chi connectivity index (χ1n) is 7.17. The van der Waals surface area contributed by atoms with E-state index in [0.29, 0.717) is 5.92 Å². The van der Waals surface area contributed by atoms with Crippen molar-refractivity contribution in [1.82, 2.24) is 14.7 Å². The lowest BCUT2D eigenvalue weighted by atomic mass is 9.92. The van der Waals surface area contributed by atoms with E-state index in [1.807, 2.05) is 11.7 Å². The second-order valence-corrected chi connectivity index (χ2v) is 6.24. The number of aryl methyl sites for hydroxylation is 2. The fourth-order valence-corrected chi connectivity index (χ4v) is 3.59. The molecule has 1 aromatic rings. The number of hydrogen-bond donors (Lipinski definition) is 1. The first kappa shape index (κ1) is 15.0. The van der Waals surface area contributed by atoms with Gasteiger partial charge in [-0.05, 0) is 41.1 Å². The van der Waals surface area contributed by atoms with Crippen LogP contribution in [-0.4, -0.2) is 39.0 Å². The standard InChI is InChI=1S/C14H24BrN3O/c1-4-10-8-18(7-6-13(10)19)9-12-14(15)11(5-2)16-17(12)3/h10,13,19H,4-9H2,1-3H3. The van der Waals surface area contributed by atoms with Crippen LogP contribution in [-0.2, 0) is 20.0 Å². The summed E-state index contributed by atoms with van der Waals surface area (Å²) < 4.78 is 3.13. The van der Waals surface area contributed by atoms with Crippen LogP contribution in [0.15, 0.2) is 4.47 Å². The number of halogens is 1. The molecule has 0 aliphatic carbocycles. The molecule has 2 unspecified atom stereocenters. The second kappa shape index (κ2) is 6.37. The number of likely N-dealkylation sites (tertiary alicyclic amines) is 1. The summed E-state index contributed by atoms with van der Waals surface area (Å²) in [7, 11) is 2.01. The van der Waals surface area contributed by atoms with Crippen molar-refractivity contribution in [2.45, 2.75) is 45.8 Å². The zero-order valence-corrected chi connectivity index (χ0v) is 13.7. The summed E-state index contributed by atoms with van der Waals surface area (Å²) in [6, 6.07) is 0. The molecular formula is C14H24BrN3O. The summed E-state index contributed by atoms with van der Waals surface area (Å²) in [5.74, 6) is 0.409. The molecule has 1 aliphatic heterocycles. The van der Waals surface area contributed by atoms with Crippen molar-refractivity contribution < 1.29 is 5.11 Å².